The van der Waals surface area contributed by atoms with E-state index in [1.54, 1.807) is 13.2 Å². The maximum absolute atomic E-state index is 11.9. The fourth-order valence-electron chi connectivity index (χ4n) is 1.26. The predicted molar refractivity (Wildman–Crippen MR) is 61.8 cm³/mol. The summed E-state index contributed by atoms with van der Waals surface area (Å²) in [6, 6.07) is 3.66. The smallest absolute Gasteiger partial charge is 0.143 e. The van der Waals surface area contributed by atoms with E-state index >= 15 is 0 Å². The summed E-state index contributed by atoms with van der Waals surface area (Å²) in [6.07, 6.45) is 0.491. The molecule has 84 valence electrons. The van der Waals surface area contributed by atoms with E-state index in [0.29, 0.717) is 23.7 Å². The SMILES string of the molecule is COc1cc(Cl)c(C)cc1NCCCF. The third kappa shape index (κ3) is 3.27. The van der Waals surface area contributed by atoms with Crippen molar-refractivity contribution in [2.45, 2.75) is 13.3 Å². The van der Waals surface area contributed by atoms with Crippen LogP contribution in [0.2, 0.25) is 5.02 Å². The van der Waals surface area contributed by atoms with Gasteiger partial charge in [0.05, 0.1) is 19.5 Å². The molecule has 0 aliphatic carbocycles. The molecule has 0 aliphatic heterocycles. The third-order valence-corrected chi connectivity index (χ3v) is 2.51. The highest BCUT2D eigenvalue weighted by Gasteiger charge is 2.05. The van der Waals surface area contributed by atoms with Crippen molar-refractivity contribution in [1.29, 1.82) is 0 Å². The van der Waals surface area contributed by atoms with Crippen LogP contribution in [0.1, 0.15) is 12.0 Å². The van der Waals surface area contributed by atoms with E-state index < -0.39 is 0 Å². The zero-order chi connectivity index (χ0) is 11.3. The molecule has 4 heteroatoms. The van der Waals surface area contributed by atoms with Gasteiger partial charge in [-0.05, 0) is 25.0 Å². The van der Waals surface area contributed by atoms with Crippen molar-refractivity contribution in [2.75, 3.05) is 25.6 Å². The van der Waals surface area contributed by atoms with Crippen molar-refractivity contribution >= 4 is 17.3 Å². The number of nitrogens with one attached hydrogen (secondary N) is 1. The molecule has 0 bridgehead atoms. The Morgan fingerprint density at radius 3 is 2.80 bits per heavy atom. The normalized spacial score (nSPS) is 10.1. The molecule has 0 aliphatic rings. The van der Waals surface area contributed by atoms with Crippen molar-refractivity contribution in [3.05, 3.63) is 22.7 Å². The number of halogens is 2. The van der Waals surface area contributed by atoms with Crippen LogP contribution in [0.5, 0.6) is 5.75 Å². The number of ether oxygens (including phenoxy) is 1. The summed E-state index contributed by atoms with van der Waals surface area (Å²) in [6.45, 7) is 2.19. The molecule has 1 N–H and O–H groups in total. The Labute approximate surface area is 94.4 Å². The monoisotopic (exact) mass is 231 g/mol. The number of hydrogen-bond acceptors (Lipinski definition) is 2. The van der Waals surface area contributed by atoms with Gasteiger partial charge in [0, 0.05) is 17.6 Å². The van der Waals surface area contributed by atoms with Crippen molar-refractivity contribution in [2.24, 2.45) is 0 Å². The highest BCUT2D eigenvalue weighted by Crippen LogP contribution is 2.30. The minimum Gasteiger partial charge on any atom is -0.495 e. The minimum absolute atomic E-state index is 0.318. The van der Waals surface area contributed by atoms with Crippen LogP contribution in [0, 0.1) is 6.92 Å². The Hall–Kier alpha value is -0.960. The molecule has 0 heterocycles. The first-order valence-electron chi connectivity index (χ1n) is 4.83. The lowest BCUT2D eigenvalue weighted by Crippen LogP contribution is -2.04. The largest absolute Gasteiger partial charge is 0.495 e. The average Bonchev–Trinajstić information content (AvgIpc) is 2.23. The molecule has 0 aromatic heterocycles. The van der Waals surface area contributed by atoms with Gasteiger partial charge < -0.3 is 10.1 Å². The van der Waals surface area contributed by atoms with E-state index in [4.69, 9.17) is 16.3 Å². The van der Waals surface area contributed by atoms with Gasteiger partial charge >= 0.3 is 0 Å². The van der Waals surface area contributed by atoms with Gasteiger partial charge in [0.2, 0.25) is 0 Å². The number of alkyl halides is 1. The topological polar surface area (TPSA) is 21.3 Å². The summed E-state index contributed by atoms with van der Waals surface area (Å²) in [5, 5.41) is 3.78. The lowest BCUT2D eigenvalue weighted by molar-refractivity contribution is 0.416. The Bertz CT molecular complexity index is 331. The van der Waals surface area contributed by atoms with E-state index in [-0.39, 0.29) is 6.67 Å². The van der Waals surface area contributed by atoms with Gasteiger partial charge in [0.15, 0.2) is 0 Å². The number of hydrogen-bond donors (Lipinski definition) is 1. The van der Waals surface area contributed by atoms with E-state index in [2.05, 4.69) is 5.32 Å². The molecule has 0 radical (unpaired) electrons. The zero-order valence-electron chi connectivity index (χ0n) is 8.94. The first-order valence-corrected chi connectivity index (χ1v) is 5.20. The lowest BCUT2D eigenvalue weighted by Gasteiger charge is -2.12. The van der Waals surface area contributed by atoms with Gasteiger partial charge in [-0.3, -0.25) is 4.39 Å². The van der Waals surface area contributed by atoms with Crippen molar-refractivity contribution in [1.82, 2.24) is 0 Å². The van der Waals surface area contributed by atoms with Crippen LogP contribution in [0.25, 0.3) is 0 Å². The summed E-state index contributed by atoms with van der Waals surface area (Å²) < 4.78 is 17.1. The number of methoxy groups -OCH3 is 1. The molecule has 0 saturated heterocycles. The van der Waals surface area contributed by atoms with Crippen LogP contribution in [-0.4, -0.2) is 20.3 Å². The van der Waals surface area contributed by atoms with Gasteiger partial charge in [-0.25, -0.2) is 0 Å². The van der Waals surface area contributed by atoms with Crippen LogP contribution >= 0.6 is 11.6 Å². The molecular weight excluding hydrogens is 217 g/mol. The molecule has 1 rings (SSSR count). The average molecular weight is 232 g/mol. The van der Waals surface area contributed by atoms with Crippen LogP contribution in [-0.2, 0) is 0 Å². The fourth-order valence-corrected chi connectivity index (χ4v) is 1.41. The van der Waals surface area contributed by atoms with Gasteiger partial charge in [-0.1, -0.05) is 11.6 Å². The predicted octanol–water partition coefficient (Wildman–Crippen LogP) is 3.43. The fraction of sp³-hybridized carbons (Fsp3) is 0.455. The molecular formula is C11H15ClFNO. The van der Waals surface area contributed by atoms with E-state index in [0.717, 1.165) is 11.3 Å². The van der Waals surface area contributed by atoms with Gasteiger partial charge in [0.25, 0.3) is 0 Å². The van der Waals surface area contributed by atoms with Crippen LogP contribution in [0.3, 0.4) is 0 Å². The lowest BCUT2D eigenvalue weighted by atomic mass is 10.2. The second-order valence-corrected chi connectivity index (χ2v) is 3.68. The molecule has 0 fully saturated rings. The molecule has 2 nitrogen and oxygen atoms in total. The summed E-state index contributed by atoms with van der Waals surface area (Å²) in [4.78, 5) is 0. The molecule has 15 heavy (non-hydrogen) atoms. The van der Waals surface area contributed by atoms with Crippen molar-refractivity contribution in [3.63, 3.8) is 0 Å². The molecule has 1 aromatic carbocycles. The van der Waals surface area contributed by atoms with Gasteiger partial charge in [-0.2, -0.15) is 0 Å². The Balaban J connectivity index is 2.80. The van der Waals surface area contributed by atoms with E-state index in [1.807, 2.05) is 13.0 Å². The second-order valence-electron chi connectivity index (χ2n) is 3.27. The maximum Gasteiger partial charge on any atom is 0.143 e. The van der Waals surface area contributed by atoms with Crippen LogP contribution in [0.15, 0.2) is 12.1 Å². The highest BCUT2D eigenvalue weighted by atomic mass is 35.5. The summed E-state index contributed by atoms with van der Waals surface area (Å²) in [5.74, 6) is 0.685. The number of benzene rings is 1. The molecule has 1 aromatic rings. The first-order chi connectivity index (χ1) is 7.19. The van der Waals surface area contributed by atoms with Crippen molar-refractivity contribution < 1.29 is 9.13 Å². The maximum atomic E-state index is 11.9. The minimum atomic E-state index is -0.318. The van der Waals surface area contributed by atoms with Gasteiger partial charge in [0.1, 0.15) is 5.75 Å². The van der Waals surface area contributed by atoms with Crippen LogP contribution < -0.4 is 10.1 Å². The first kappa shape index (κ1) is 12.1. The summed E-state index contributed by atoms with van der Waals surface area (Å²) in [7, 11) is 1.58. The van der Waals surface area contributed by atoms with Crippen LogP contribution in [0.4, 0.5) is 10.1 Å². The number of rotatable bonds is 5. The molecule has 0 saturated carbocycles. The van der Waals surface area contributed by atoms with E-state index in [1.165, 1.54) is 0 Å². The molecule has 0 amide bonds. The standard InChI is InChI=1S/C11H15ClFNO/c1-8-6-10(14-5-3-4-13)11(15-2)7-9(8)12/h6-7,14H,3-5H2,1-2H3. The Morgan fingerprint density at radius 2 is 2.20 bits per heavy atom. The second kappa shape index (κ2) is 5.81. The highest BCUT2D eigenvalue weighted by molar-refractivity contribution is 6.31. The number of anilines is 1. The Morgan fingerprint density at radius 1 is 1.47 bits per heavy atom. The zero-order valence-corrected chi connectivity index (χ0v) is 9.70. The van der Waals surface area contributed by atoms with E-state index in [9.17, 15) is 4.39 Å². The molecule has 0 unspecified atom stereocenters. The number of aryl methyl sites for hydroxylation is 1. The summed E-state index contributed by atoms with van der Waals surface area (Å²) in [5.41, 5.74) is 1.83. The molecule has 0 spiro atoms. The van der Waals surface area contributed by atoms with Crippen molar-refractivity contribution in [3.8, 4) is 5.75 Å². The Kier molecular flexibility index (Phi) is 4.69. The third-order valence-electron chi connectivity index (χ3n) is 2.11. The summed E-state index contributed by atoms with van der Waals surface area (Å²) >= 11 is 5.96. The van der Waals surface area contributed by atoms with Gasteiger partial charge in [-0.15, -0.1) is 0 Å². The quantitative estimate of drug-likeness (QED) is 0.784. The molecule has 0 atom stereocenters.